The number of hydrogen-bond donors (Lipinski definition) is 3. The van der Waals surface area contributed by atoms with Crippen molar-refractivity contribution in [1.29, 1.82) is 0 Å². The molecule has 18 heavy (non-hydrogen) atoms. The van der Waals surface area contributed by atoms with E-state index in [1.165, 1.54) is 38.5 Å². The minimum Gasteiger partial charge on any atom is -0.396 e. The zero-order valence-electron chi connectivity index (χ0n) is 12.0. The summed E-state index contributed by atoms with van der Waals surface area (Å²) in [7, 11) is 0. The summed E-state index contributed by atoms with van der Waals surface area (Å²) in [6, 6.07) is 0. The Morgan fingerprint density at radius 1 is 0.667 bits per heavy atom. The van der Waals surface area contributed by atoms with Crippen molar-refractivity contribution in [3.8, 4) is 0 Å². The monoisotopic (exact) mass is 260 g/mol. The molecule has 0 fully saturated rings. The highest BCUT2D eigenvalue weighted by Gasteiger charge is 2.14. The van der Waals surface area contributed by atoms with Gasteiger partial charge in [0.1, 0.15) is 0 Å². The van der Waals surface area contributed by atoms with Gasteiger partial charge >= 0.3 is 0 Å². The fraction of sp³-hybridized carbons (Fsp3) is 1.00. The van der Waals surface area contributed by atoms with Gasteiger partial charge in [-0.3, -0.25) is 0 Å². The highest BCUT2D eigenvalue weighted by atomic mass is 16.3. The van der Waals surface area contributed by atoms with Gasteiger partial charge in [0.2, 0.25) is 0 Å². The number of hydrogen-bond acceptors (Lipinski definition) is 3. The molecular weight excluding hydrogens is 228 g/mol. The fourth-order valence-corrected chi connectivity index (χ4v) is 2.17. The largest absolute Gasteiger partial charge is 0.396 e. The average Bonchev–Trinajstić information content (AvgIpc) is 2.38. The zero-order valence-corrected chi connectivity index (χ0v) is 12.0. The average molecular weight is 260 g/mol. The fourth-order valence-electron chi connectivity index (χ4n) is 2.17. The summed E-state index contributed by atoms with van der Waals surface area (Å²) >= 11 is 0. The van der Waals surface area contributed by atoms with Crippen LogP contribution >= 0.6 is 0 Å². The summed E-state index contributed by atoms with van der Waals surface area (Å²) in [6.07, 6.45) is 10.4. The Kier molecular flexibility index (Phi) is 13.2. The van der Waals surface area contributed by atoms with Gasteiger partial charge in [-0.25, -0.2) is 0 Å². The summed E-state index contributed by atoms with van der Waals surface area (Å²) in [5, 5.41) is 27.9. The molecule has 110 valence electrons. The molecule has 3 nitrogen and oxygen atoms in total. The molecule has 0 aromatic carbocycles. The van der Waals surface area contributed by atoms with Crippen LogP contribution in [0.25, 0.3) is 0 Å². The van der Waals surface area contributed by atoms with Crippen LogP contribution in [0.3, 0.4) is 0 Å². The van der Waals surface area contributed by atoms with E-state index in [0.717, 1.165) is 12.8 Å². The minimum absolute atomic E-state index is 0.0849. The third-order valence-electron chi connectivity index (χ3n) is 3.46. The number of aliphatic hydroxyl groups is 3. The molecule has 0 rings (SSSR count). The van der Waals surface area contributed by atoms with Gasteiger partial charge in [0.05, 0.1) is 12.2 Å². The van der Waals surface area contributed by atoms with Crippen LogP contribution in [0.5, 0.6) is 0 Å². The van der Waals surface area contributed by atoms with Gasteiger partial charge in [0.15, 0.2) is 0 Å². The molecule has 0 saturated carbocycles. The molecule has 0 aromatic heterocycles. The van der Waals surface area contributed by atoms with Crippen LogP contribution in [0.4, 0.5) is 0 Å². The summed E-state index contributed by atoms with van der Waals surface area (Å²) in [4.78, 5) is 0. The summed E-state index contributed by atoms with van der Waals surface area (Å²) in [6.45, 7) is 2.31. The second-order valence-electron chi connectivity index (χ2n) is 5.26. The Labute approximate surface area is 112 Å². The predicted molar refractivity (Wildman–Crippen MR) is 75.6 cm³/mol. The van der Waals surface area contributed by atoms with Gasteiger partial charge in [0, 0.05) is 6.61 Å². The van der Waals surface area contributed by atoms with Gasteiger partial charge < -0.3 is 15.3 Å². The molecular formula is C15H32O3. The molecule has 0 radical (unpaired) electrons. The Balaban J connectivity index is 3.26. The highest BCUT2D eigenvalue weighted by Crippen LogP contribution is 2.13. The van der Waals surface area contributed by atoms with Crippen LogP contribution in [0.1, 0.15) is 77.6 Å². The lowest BCUT2D eigenvalue weighted by Gasteiger charge is -2.17. The van der Waals surface area contributed by atoms with Crippen LogP contribution in [-0.4, -0.2) is 34.1 Å². The molecule has 0 aromatic rings. The molecule has 0 saturated heterocycles. The number of aliphatic hydroxyl groups excluding tert-OH is 3. The lowest BCUT2D eigenvalue weighted by Crippen LogP contribution is -2.25. The van der Waals surface area contributed by atoms with E-state index in [-0.39, 0.29) is 6.61 Å². The first-order valence-electron chi connectivity index (χ1n) is 7.69. The second-order valence-corrected chi connectivity index (χ2v) is 5.26. The van der Waals surface area contributed by atoms with E-state index < -0.39 is 12.2 Å². The quantitative estimate of drug-likeness (QED) is 0.446. The van der Waals surface area contributed by atoms with Crippen LogP contribution in [0.15, 0.2) is 0 Å². The van der Waals surface area contributed by atoms with Gasteiger partial charge in [-0.2, -0.15) is 0 Å². The first-order valence-corrected chi connectivity index (χ1v) is 7.69. The van der Waals surface area contributed by atoms with Crippen molar-refractivity contribution in [3.63, 3.8) is 0 Å². The van der Waals surface area contributed by atoms with E-state index in [4.69, 9.17) is 5.11 Å². The zero-order chi connectivity index (χ0) is 13.6. The van der Waals surface area contributed by atoms with Crippen molar-refractivity contribution in [2.24, 2.45) is 0 Å². The van der Waals surface area contributed by atoms with Crippen LogP contribution in [0.2, 0.25) is 0 Å². The molecule has 0 aliphatic heterocycles. The maximum atomic E-state index is 9.69. The van der Waals surface area contributed by atoms with Crippen molar-refractivity contribution in [3.05, 3.63) is 0 Å². The molecule has 3 N–H and O–H groups in total. The first-order chi connectivity index (χ1) is 8.72. The Morgan fingerprint density at radius 3 is 1.61 bits per heavy atom. The smallest absolute Gasteiger partial charge is 0.0800 e. The van der Waals surface area contributed by atoms with Crippen molar-refractivity contribution >= 4 is 0 Å². The number of unbranched alkanes of at least 4 members (excludes halogenated alkanes) is 7. The van der Waals surface area contributed by atoms with Gasteiger partial charge in [-0.1, -0.05) is 58.3 Å². The molecule has 0 bridgehead atoms. The summed E-state index contributed by atoms with van der Waals surface area (Å²) in [5.74, 6) is 0. The maximum Gasteiger partial charge on any atom is 0.0800 e. The van der Waals surface area contributed by atoms with Gasteiger partial charge in [-0.15, -0.1) is 0 Å². The molecule has 0 amide bonds. The molecule has 0 aliphatic carbocycles. The topological polar surface area (TPSA) is 60.7 Å². The van der Waals surface area contributed by atoms with Crippen LogP contribution in [-0.2, 0) is 0 Å². The minimum atomic E-state index is -0.665. The summed E-state index contributed by atoms with van der Waals surface area (Å²) in [5.41, 5.74) is 0. The standard InChI is InChI=1S/C15H32O3/c1-2-3-4-5-6-7-8-9-11-14(17)15(18)12-10-13-16/h14-18H,2-13H2,1H3/t14-,15+/m0/s1. The van der Waals surface area contributed by atoms with E-state index in [0.29, 0.717) is 19.3 Å². The Morgan fingerprint density at radius 2 is 1.11 bits per heavy atom. The van der Waals surface area contributed by atoms with Crippen molar-refractivity contribution in [2.75, 3.05) is 6.61 Å². The normalized spacial score (nSPS) is 14.7. The highest BCUT2D eigenvalue weighted by molar-refractivity contribution is 4.67. The molecule has 0 aliphatic rings. The molecule has 3 heteroatoms. The molecule has 2 atom stereocenters. The maximum absolute atomic E-state index is 9.69. The number of rotatable bonds is 13. The summed E-state index contributed by atoms with van der Waals surface area (Å²) < 4.78 is 0. The third-order valence-corrected chi connectivity index (χ3v) is 3.46. The lowest BCUT2D eigenvalue weighted by molar-refractivity contribution is 0.00522. The first kappa shape index (κ1) is 17.9. The van der Waals surface area contributed by atoms with Crippen LogP contribution in [0, 0.1) is 0 Å². The Bertz CT molecular complexity index is 162. The van der Waals surface area contributed by atoms with Crippen molar-refractivity contribution in [2.45, 2.75) is 89.8 Å². The third kappa shape index (κ3) is 11.0. The van der Waals surface area contributed by atoms with Crippen molar-refractivity contribution < 1.29 is 15.3 Å². The van der Waals surface area contributed by atoms with E-state index >= 15 is 0 Å². The van der Waals surface area contributed by atoms with Gasteiger partial charge in [0.25, 0.3) is 0 Å². The SMILES string of the molecule is CCCCCCCCCC[C@H](O)[C@H](O)CCCO. The lowest BCUT2D eigenvalue weighted by atomic mass is 10.0. The predicted octanol–water partition coefficient (Wildman–Crippen LogP) is 3.01. The van der Waals surface area contributed by atoms with Crippen LogP contribution < -0.4 is 0 Å². The molecule has 0 spiro atoms. The van der Waals surface area contributed by atoms with Crippen molar-refractivity contribution in [1.82, 2.24) is 0 Å². The van der Waals surface area contributed by atoms with E-state index in [9.17, 15) is 10.2 Å². The molecule has 0 unspecified atom stereocenters. The van der Waals surface area contributed by atoms with E-state index in [2.05, 4.69) is 6.92 Å². The van der Waals surface area contributed by atoms with Gasteiger partial charge in [-0.05, 0) is 19.3 Å². The van der Waals surface area contributed by atoms with E-state index in [1.54, 1.807) is 0 Å². The van der Waals surface area contributed by atoms with E-state index in [1.807, 2.05) is 0 Å². The Hall–Kier alpha value is -0.120. The second kappa shape index (κ2) is 13.3. The molecule has 0 heterocycles.